The summed E-state index contributed by atoms with van der Waals surface area (Å²) < 4.78 is 13.2. The third kappa shape index (κ3) is 7.25. The van der Waals surface area contributed by atoms with Crippen molar-refractivity contribution in [3.8, 4) is 0 Å². The first-order valence-corrected chi connectivity index (χ1v) is 7.86. The van der Waals surface area contributed by atoms with Crippen molar-refractivity contribution in [3.63, 3.8) is 0 Å². The number of aryl methyl sites for hydroxylation is 1. The molecule has 0 atom stereocenters. The Morgan fingerprint density at radius 3 is 2.67 bits per heavy atom. The minimum atomic E-state index is -0.200. The monoisotopic (exact) mass is 442 g/mol. The standard InChI is InChI=1S/C18H23FN4.HI/c1-3-20-18(22-13-17-9-4-6-14(2)23-17)21-11-10-15-7-5-8-16(19)12-15;/h4-9,12H,3,10-11,13H2,1-2H3,(H2,20,21,22);1H. The summed E-state index contributed by atoms with van der Waals surface area (Å²) in [7, 11) is 0. The molecule has 6 heteroatoms. The highest BCUT2D eigenvalue weighted by molar-refractivity contribution is 14.0. The van der Waals surface area contributed by atoms with Crippen LogP contribution in [0.25, 0.3) is 0 Å². The van der Waals surface area contributed by atoms with Gasteiger partial charge in [-0.05, 0) is 50.1 Å². The average Bonchev–Trinajstić information content (AvgIpc) is 2.53. The maximum absolute atomic E-state index is 13.2. The quantitative estimate of drug-likeness (QED) is 0.410. The lowest BCUT2D eigenvalue weighted by Gasteiger charge is -2.11. The zero-order chi connectivity index (χ0) is 16.5. The van der Waals surface area contributed by atoms with Crippen molar-refractivity contribution >= 4 is 29.9 Å². The number of rotatable bonds is 6. The van der Waals surface area contributed by atoms with Gasteiger partial charge in [0, 0.05) is 18.8 Å². The molecule has 0 amide bonds. The molecule has 2 rings (SSSR count). The van der Waals surface area contributed by atoms with Crippen LogP contribution in [-0.4, -0.2) is 24.0 Å². The van der Waals surface area contributed by atoms with Crippen LogP contribution in [0.4, 0.5) is 4.39 Å². The number of hydrogen-bond acceptors (Lipinski definition) is 2. The van der Waals surface area contributed by atoms with E-state index in [0.717, 1.165) is 35.9 Å². The van der Waals surface area contributed by atoms with Gasteiger partial charge < -0.3 is 10.6 Å². The zero-order valence-electron chi connectivity index (χ0n) is 14.1. The molecule has 2 aromatic rings. The molecule has 1 heterocycles. The van der Waals surface area contributed by atoms with Gasteiger partial charge in [-0.25, -0.2) is 9.38 Å². The molecule has 0 bridgehead atoms. The van der Waals surface area contributed by atoms with Crippen molar-refractivity contribution in [1.29, 1.82) is 0 Å². The molecule has 0 saturated carbocycles. The number of guanidine groups is 1. The average molecular weight is 442 g/mol. The van der Waals surface area contributed by atoms with Gasteiger partial charge in [0.25, 0.3) is 0 Å². The molecule has 130 valence electrons. The number of hydrogen-bond donors (Lipinski definition) is 2. The first-order chi connectivity index (χ1) is 11.2. The lowest BCUT2D eigenvalue weighted by molar-refractivity contribution is 0.625. The topological polar surface area (TPSA) is 49.3 Å². The number of aliphatic imine (C=N–C) groups is 1. The Labute approximate surface area is 160 Å². The normalized spacial score (nSPS) is 10.9. The predicted octanol–water partition coefficient (Wildman–Crippen LogP) is 3.44. The molecule has 4 nitrogen and oxygen atoms in total. The van der Waals surface area contributed by atoms with E-state index in [0.29, 0.717) is 13.1 Å². The summed E-state index contributed by atoms with van der Waals surface area (Å²) in [6, 6.07) is 12.6. The molecule has 0 radical (unpaired) electrons. The van der Waals surface area contributed by atoms with E-state index in [-0.39, 0.29) is 29.8 Å². The van der Waals surface area contributed by atoms with Crippen LogP contribution in [0, 0.1) is 12.7 Å². The lowest BCUT2D eigenvalue weighted by atomic mass is 10.1. The van der Waals surface area contributed by atoms with E-state index in [2.05, 4.69) is 20.6 Å². The van der Waals surface area contributed by atoms with Crippen molar-refractivity contribution < 1.29 is 4.39 Å². The zero-order valence-corrected chi connectivity index (χ0v) is 16.4. The molecule has 24 heavy (non-hydrogen) atoms. The fraction of sp³-hybridized carbons (Fsp3) is 0.333. The Bertz CT molecular complexity index is 661. The number of nitrogens with zero attached hydrogens (tertiary/aromatic N) is 2. The molecule has 1 aromatic heterocycles. The summed E-state index contributed by atoms with van der Waals surface area (Å²) in [6.45, 7) is 5.99. The number of benzene rings is 1. The molecule has 0 spiro atoms. The van der Waals surface area contributed by atoms with Crippen LogP contribution in [0.3, 0.4) is 0 Å². The van der Waals surface area contributed by atoms with E-state index in [1.54, 1.807) is 12.1 Å². The molecule has 0 aliphatic heterocycles. The molecular formula is C18H24FIN4. The van der Waals surface area contributed by atoms with Gasteiger partial charge in [0.15, 0.2) is 5.96 Å². The Hall–Kier alpha value is -1.70. The summed E-state index contributed by atoms with van der Waals surface area (Å²) in [4.78, 5) is 8.97. The molecule has 2 N–H and O–H groups in total. The summed E-state index contributed by atoms with van der Waals surface area (Å²) in [6.07, 6.45) is 0.741. The van der Waals surface area contributed by atoms with Gasteiger partial charge in [-0.15, -0.1) is 24.0 Å². The predicted molar refractivity (Wildman–Crippen MR) is 107 cm³/mol. The van der Waals surface area contributed by atoms with Gasteiger partial charge in [-0.3, -0.25) is 4.98 Å². The Morgan fingerprint density at radius 1 is 1.17 bits per heavy atom. The van der Waals surface area contributed by atoms with Crippen LogP contribution in [0.1, 0.15) is 23.9 Å². The first kappa shape index (κ1) is 20.3. The van der Waals surface area contributed by atoms with Crippen molar-refractivity contribution in [2.75, 3.05) is 13.1 Å². The Balaban J connectivity index is 0.00000288. The molecule has 0 aliphatic carbocycles. The largest absolute Gasteiger partial charge is 0.357 e. The lowest BCUT2D eigenvalue weighted by Crippen LogP contribution is -2.38. The van der Waals surface area contributed by atoms with Crippen molar-refractivity contribution in [2.24, 2.45) is 4.99 Å². The van der Waals surface area contributed by atoms with Gasteiger partial charge in [0.2, 0.25) is 0 Å². The van der Waals surface area contributed by atoms with E-state index in [1.807, 2.05) is 38.1 Å². The highest BCUT2D eigenvalue weighted by Crippen LogP contribution is 2.03. The van der Waals surface area contributed by atoms with E-state index in [1.165, 1.54) is 6.07 Å². The third-order valence-corrected chi connectivity index (χ3v) is 3.28. The Morgan fingerprint density at radius 2 is 1.96 bits per heavy atom. The number of aromatic nitrogens is 1. The van der Waals surface area contributed by atoms with E-state index >= 15 is 0 Å². The summed E-state index contributed by atoms with van der Waals surface area (Å²) in [5.41, 5.74) is 2.89. The first-order valence-electron chi connectivity index (χ1n) is 7.86. The summed E-state index contributed by atoms with van der Waals surface area (Å²) >= 11 is 0. The second kappa shape index (κ2) is 11.0. The summed E-state index contributed by atoms with van der Waals surface area (Å²) in [5.74, 6) is 0.542. The maximum atomic E-state index is 13.2. The van der Waals surface area contributed by atoms with Crippen molar-refractivity contribution in [2.45, 2.75) is 26.8 Å². The van der Waals surface area contributed by atoms with Gasteiger partial charge >= 0.3 is 0 Å². The minimum Gasteiger partial charge on any atom is -0.357 e. The van der Waals surface area contributed by atoms with Crippen LogP contribution < -0.4 is 10.6 Å². The van der Waals surface area contributed by atoms with Crippen molar-refractivity contribution in [1.82, 2.24) is 15.6 Å². The fourth-order valence-corrected chi connectivity index (χ4v) is 2.21. The van der Waals surface area contributed by atoms with Crippen molar-refractivity contribution in [3.05, 3.63) is 65.2 Å². The van der Waals surface area contributed by atoms with E-state index in [9.17, 15) is 4.39 Å². The maximum Gasteiger partial charge on any atom is 0.191 e. The Kier molecular flexibility index (Phi) is 9.29. The molecule has 0 unspecified atom stereocenters. The van der Waals surface area contributed by atoms with E-state index in [4.69, 9.17) is 0 Å². The summed E-state index contributed by atoms with van der Waals surface area (Å²) in [5, 5.41) is 6.46. The number of pyridine rings is 1. The SMILES string of the molecule is CCNC(=NCc1cccc(C)n1)NCCc1cccc(F)c1.I. The highest BCUT2D eigenvalue weighted by atomic mass is 127. The second-order valence-electron chi connectivity index (χ2n) is 5.27. The molecule has 1 aromatic carbocycles. The van der Waals surface area contributed by atoms with Gasteiger partial charge in [0.1, 0.15) is 5.82 Å². The third-order valence-electron chi connectivity index (χ3n) is 3.28. The second-order valence-corrected chi connectivity index (χ2v) is 5.27. The van der Waals surface area contributed by atoms with Gasteiger partial charge in [0.05, 0.1) is 12.2 Å². The van der Waals surface area contributed by atoms with E-state index < -0.39 is 0 Å². The minimum absolute atomic E-state index is 0. The van der Waals surface area contributed by atoms with Crippen LogP contribution in [0.15, 0.2) is 47.5 Å². The molecule has 0 fully saturated rings. The smallest absolute Gasteiger partial charge is 0.191 e. The molecular weight excluding hydrogens is 418 g/mol. The van der Waals surface area contributed by atoms with Crippen LogP contribution in [-0.2, 0) is 13.0 Å². The fourth-order valence-electron chi connectivity index (χ4n) is 2.21. The highest BCUT2D eigenvalue weighted by Gasteiger charge is 2.00. The van der Waals surface area contributed by atoms with Gasteiger partial charge in [-0.1, -0.05) is 18.2 Å². The van der Waals surface area contributed by atoms with Crippen LogP contribution >= 0.6 is 24.0 Å². The molecule has 0 saturated heterocycles. The molecule has 0 aliphatic rings. The number of halogens is 2. The number of nitrogens with one attached hydrogen (secondary N) is 2. The van der Waals surface area contributed by atoms with Crippen LogP contribution in [0.2, 0.25) is 0 Å². The van der Waals surface area contributed by atoms with Crippen LogP contribution in [0.5, 0.6) is 0 Å². The van der Waals surface area contributed by atoms with Gasteiger partial charge in [-0.2, -0.15) is 0 Å².